The van der Waals surface area contributed by atoms with Crippen LogP contribution in [0.25, 0.3) is 0 Å². The molecule has 3 aliphatic rings. The number of carbonyl (C=O) groups is 3. The second-order valence-corrected chi connectivity index (χ2v) is 9.23. The molecular formula is C19H32N4O3. The first-order valence-corrected chi connectivity index (χ1v) is 9.73. The lowest BCUT2D eigenvalue weighted by molar-refractivity contribution is -0.140. The number of carbonyl (C=O) groups excluding carboxylic acids is 3. The molecule has 0 aromatic rings. The molecular weight excluding hydrogens is 332 g/mol. The summed E-state index contributed by atoms with van der Waals surface area (Å²) in [7, 11) is 2.02. The number of rotatable bonds is 2. The Hall–Kier alpha value is -1.63. The summed E-state index contributed by atoms with van der Waals surface area (Å²) in [6.45, 7) is 9.49. The third-order valence-electron chi connectivity index (χ3n) is 6.46. The fourth-order valence-corrected chi connectivity index (χ4v) is 4.43. The molecule has 1 spiro atoms. The highest BCUT2D eigenvalue weighted by atomic mass is 16.2. The lowest BCUT2D eigenvalue weighted by Gasteiger charge is -2.40. The van der Waals surface area contributed by atoms with E-state index in [1.807, 2.05) is 7.05 Å². The van der Waals surface area contributed by atoms with E-state index >= 15 is 0 Å². The smallest absolute Gasteiger partial charge is 0.325 e. The second-order valence-electron chi connectivity index (χ2n) is 9.23. The summed E-state index contributed by atoms with van der Waals surface area (Å²) < 4.78 is 0. The minimum absolute atomic E-state index is 0.137. The van der Waals surface area contributed by atoms with E-state index in [9.17, 15) is 14.4 Å². The summed E-state index contributed by atoms with van der Waals surface area (Å²) in [6, 6.07) is -0.410. The molecule has 2 saturated heterocycles. The van der Waals surface area contributed by atoms with E-state index in [0.717, 1.165) is 30.8 Å². The molecule has 0 atom stereocenters. The highest BCUT2D eigenvalue weighted by molar-refractivity contribution is 6.09. The predicted octanol–water partition coefficient (Wildman–Crippen LogP) is 1.29. The molecule has 1 aliphatic carbocycles. The van der Waals surface area contributed by atoms with Gasteiger partial charge >= 0.3 is 6.03 Å². The van der Waals surface area contributed by atoms with Gasteiger partial charge in [0.25, 0.3) is 5.91 Å². The number of amides is 4. The zero-order valence-corrected chi connectivity index (χ0v) is 16.5. The number of piperazine rings is 1. The summed E-state index contributed by atoms with van der Waals surface area (Å²) in [5, 5.41) is 2.91. The van der Waals surface area contributed by atoms with Crippen molar-refractivity contribution in [1.82, 2.24) is 20.0 Å². The van der Waals surface area contributed by atoms with Crippen molar-refractivity contribution in [1.29, 1.82) is 0 Å². The molecule has 3 fully saturated rings. The van der Waals surface area contributed by atoms with Crippen molar-refractivity contribution in [3.8, 4) is 0 Å². The lowest BCUT2D eigenvalue weighted by atomic mass is 9.67. The van der Waals surface area contributed by atoms with Crippen molar-refractivity contribution in [2.75, 3.05) is 39.8 Å². The van der Waals surface area contributed by atoms with Gasteiger partial charge in [0.2, 0.25) is 5.91 Å². The van der Waals surface area contributed by atoms with Gasteiger partial charge in [-0.05, 0) is 44.1 Å². The summed E-state index contributed by atoms with van der Waals surface area (Å²) in [6.07, 6.45) is 3.18. The Morgan fingerprint density at radius 2 is 1.69 bits per heavy atom. The van der Waals surface area contributed by atoms with Crippen molar-refractivity contribution in [2.45, 2.75) is 52.0 Å². The van der Waals surface area contributed by atoms with Gasteiger partial charge in [0.1, 0.15) is 12.1 Å². The summed E-state index contributed by atoms with van der Waals surface area (Å²) in [5.41, 5.74) is -0.578. The number of imide groups is 1. The molecule has 4 amide bonds. The summed E-state index contributed by atoms with van der Waals surface area (Å²) >= 11 is 0. The van der Waals surface area contributed by atoms with Crippen LogP contribution in [0.5, 0.6) is 0 Å². The molecule has 2 heterocycles. The van der Waals surface area contributed by atoms with Gasteiger partial charge in [-0.3, -0.25) is 14.5 Å². The third-order valence-corrected chi connectivity index (χ3v) is 6.46. The zero-order valence-electron chi connectivity index (χ0n) is 16.5. The summed E-state index contributed by atoms with van der Waals surface area (Å²) in [4.78, 5) is 43.0. The van der Waals surface area contributed by atoms with Crippen molar-refractivity contribution < 1.29 is 14.4 Å². The van der Waals surface area contributed by atoms with E-state index in [-0.39, 0.29) is 23.8 Å². The van der Waals surface area contributed by atoms with Crippen LogP contribution in [0.2, 0.25) is 0 Å². The molecule has 2 aliphatic heterocycles. The van der Waals surface area contributed by atoms with Crippen molar-refractivity contribution in [3.05, 3.63) is 0 Å². The topological polar surface area (TPSA) is 73.0 Å². The maximum absolute atomic E-state index is 13.0. The molecule has 0 unspecified atom stereocenters. The largest absolute Gasteiger partial charge is 0.339 e. The number of likely N-dealkylation sites (N-methyl/N-ethyl adjacent to an activating group) is 1. The second kappa shape index (κ2) is 6.83. The van der Waals surface area contributed by atoms with Crippen molar-refractivity contribution >= 4 is 17.8 Å². The first-order valence-electron chi connectivity index (χ1n) is 9.73. The Labute approximate surface area is 156 Å². The maximum atomic E-state index is 13.0. The van der Waals surface area contributed by atoms with Gasteiger partial charge in [-0.15, -0.1) is 0 Å². The molecule has 1 N–H and O–H groups in total. The van der Waals surface area contributed by atoms with Gasteiger partial charge in [-0.2, -0.15) is 0 Å². The molecule has 0 bridgehead atoms. The number of urea groups is 1. The number of nitrogens with zero attached hydrogens (tertiary/aromatic N) is 3. The van der Waals surface area contributed by atoms with Crippen LogP contribution >= 0.6 is 0 Å². The Balaban J connectivity index is 1.62. The minimum Gasteiger partial charge on any atom is -0.339 e. The number of hydrogen-bond acceptors (Lipinski definition) is 4. The van der Waals surface area contributed by atoms with Crippen LogP contribution in [-0.4, -0.2) is 77.9 Å². The average molecular weight is 364 g/mol. The van der Waals surface area contributed by atoms with E-state index < -0.39 is 11.6 Å². The van der Waals surface area contributed by atoms with Crippen LogP contribution in [0.15, 0.2) is 0 Å². The first kappa shape index (κ1) is 19.1. The molecule has 3 rings (SSSR count). The zero-order chi connectivity index (χ0) is 19.1. The maximum Gasteiger partial charge on any atom is 0.325 e. The Bertz CT molecular complexity index is 582. The number of nitrogens with one attached hydrogen (secondary N) is 1. The van der Waals surface area contributed by atoms with E-state index in [1.54, 1.807) is 4.90 Å². The molecule has 0 aromatic carbocycles. The fourth-order valence-electron chi connectivity index (χ4n) is 4.43. The van der Waals surface area contributed by atoms with Gasteiger partial charge in [-0.25, -0.2) is 4.79 Å². The van der Waals surface area contributed by atoms with Crippen LogP contribution in [0.3, 0.4) is 0 Å². The average Bonchev–Trinajstić information content (AvgIpc) is 2.79. The normalized spacial score (nSPS) is 30.8. The van der Waals surface area contributed by atoms with Crippen molar-refractivity contribution in [2.24, 2.45) is 11.3 Å². The molecule has 146 valence electrons. The van der Waals surface area contributed by atoms with Gasteiger partial charge < -0.3 is 15.1 Å². The van der Waals surface area contributed by atoms with E-state index in [2.05, 4.69) is 31.0 Å². The number of hydrogen-bond donors (Lipinski definition) is 1. The third kappa shape index (κ3) is 3.59. The van der Waals surface area contributed by atoms with Gasteiger partial charge in [0.15, 0.2) is 0 Å². The Morgan fingerprint density at radius 1 is 1.12 bits per heavy atom. The molecule has 0 radical (unpaired) electrons. The quantitative estimate of drug-likeness (QED) is 0.750. The minimum atomic E-state index is -0.790. The van der Waals surface area contributed by atoms with E-state index in [1.165, 1.54) is 0 Å². The predicted molar refractivity (Wildman–Crippen MR) is 98.5 cm³/mol. The monoisotopic (exact) mass is 364 g/mol. The van der Waals surface area contributed by atoms with Crippen molar-refractivity contribution in [3.63, 3.8) is 0 Å². The Morgan fingerprint density at radius 3 is 2.23 bits per heavy atom. The molecule has 26 heavy (non-hydrogen) atoms. The molecule has 1 saturated carbocycles. The SMILES string of the molecule is CN1CCN(C(=O)CN2C(=O)NC3(CCC(C(C)(C)C)CC3)C2=O)CC1. The van der Waals surface area contributed by atoms with Gasteiger partial charge in [-0.1, -0.05) is 20.8 Å². The van der Waals surface area contributed by atoms with Crippen LogP contribution < -0.4 is 5.32 Å². The standard InChI is InChI=1S/C19H32N4O3/c1-18(2,3)14-5-7-19(8-6-14)16(25)23(17(26)20-19)13-15(24)22-11-9-21(4)10-12-22/h14H,5-13H2,1-4H3,(H,20,26). The van der Waals surface area contributed by atoms with Gasteiger partial charge in [0.05, 0.1) is 0 Å². The van der Waals surface area contributed by atoms with Gasteiger partial charge in [0, 0.05) is 26.2 Å². The van der Waals surface area contributed by atoms with Crippen LogP contribution in [0, 0.1) is 11.3 Å². The molecule has 0 aromatic heterocycles. The van der Waals surface area contributed by atoms with Crippen LogP contribution in [0.4, 0.5) is 4.79 Å². The Kier molecular flexibility index (Phi) is 5.03. The molecule has 7 nitrogen and oxygen atoms in total. The summed E-state index contributed by atoms with van der Waals surface area (Å²) in [5.74, 6) is 0.207. The van der Waals surface area contributed by atoms with Crippen LogP contribution in [0.1, 0.15) is 46.5 Å². The fraction of sp³-hybridized carbons (Fsp3) is 0.842. The highest BCUT2D eigenvalue weighted by Gasteiger charge is 2.53. The van der Waals surface area contributed by atoms with Crippen LogP contribution in [-0.2, 0) is 9.59 Å². The first-order chi connectivity index (χ1) is 12.1. The highest BCUT2D eigenvalue weighted by Crippen LogP contribution is 2.43. The molecule has 7 heteroatoms. The van der Waals surface area contributed by atoms with E-state index in [4.69, 9.17) is 0 Å². The van der Waals surface area contributed by atoms with E-state index in [0.29, 0.717) is 31.8 Å². The lowest BCUT2D eigenvalue weighted by Crippen LogP contribution is -2.52.